The molecule has 0 radical (unpaired) electrons. The van der Waals surface area contributed by atoms with Gasteiger partial charge in [0.05, 0.1) is 18.9 Å². The van der Waals surface area contributed by atoms with Crippen LogP contribution in [0.2, 0.25) is 5.02 Å². The molecule has 1 saturated heterocycles. The molecule has 6 nitrogen and oxygen atoms in total. The van der Waals surface area contributed by atoms with E-state index in [9.17, 15) is 4.79 Å². The number of hydrogen-bond donors (Lipinski definition) is 1. The van der Waals surface area contributed by atoms with Crippen molar-refractivity contribution in [3.05, 3.63) is 77.1 Å². The van der Waals surface area contributed by atoms with Crippen LogP contribution in [0.25, 0.3) is 5.69 Å². The van der Waals surface area contributed by atoms with E-state index >= 15 is 0 Å². The molecular formula is C22H23ClN4O2. The minimum Gasteiger partial charge on any atom is -0.379 e. The normalized spacial score (nSPS) is 14.7. The molecule has 1 amide bonds. The third kappa shape index (κ3) is 5.23. The van der Waals surface area contributed by atoms with Crippen LogP contribution in [-0.2, 0) is 11.2 Å². The Hall–Kier alpha value is -2.67. The molecule has 1 N–H and O–H groups in total. The third-order valence-corrected chi connectivity index (χ3v) is 5.16. The van der Waals surface area contributed by atoms with E-state index in [-0.39, 0.29) is 5.91 Å². The van der Waals surface area contributed by atoms with E-state index in [2.05, 4.69) is 27.4 Å². The maximum Gasteiger partial charge on any atom is 0.276 e. The lowest BCUT2D eigenvalue weighted by Gasteiger charge is -2.26. The number of anilines is 1. The fourth-order valence-electron chi connectivity index (χ4n) is 3.27. The second kappa shape index (κ2) is 9.22. The molecule has 0 atom stereocenters. The molecular weight excluding hydrogens is 388 g/mol. The molecule has 4 rings (SSSR count). The van der Waals surface area contributed by atoms with Gasteiger partial charge in [-0.25, -0.2) is 4.68 Å². The van der Waals surface area contributed by atoms with Crippen LogP contribution in [0, 0.1) is 0 Å². The van der Waals surface area contributed by atoms with Crippen molar-refractivity contribution in [2.45, 2.75) is 6.42 Å². The highest BCUT2D eigenvalue weighted by Gasteiger charge is 2.12. The molecule has 2 heterocycles. The molecule has 0 saturated carbocycles. The standard InChI is InChI=1S/C22H23ClN4O2/c23-18-2-1-3-20(16-18)27-11-9-21(25-27)22(28)24-19-6-4-17(5-7-19)8-10-26-12-14-29-15-13-26/h1-7,9,11,16H,8,10,12-15H2,(H,24,28). The van der Waals surface area contributed by atoms with Crippen LogP contribution in [0.4, 0.5) is 5.69 Å². The highest BCUT2D eigenvalue weighted by molar-refractivity contribution is 6.30. The molecule has 0 unspecified atom stereocenters. The van der Waals surface area contributed by atoms with Gasteiger partial charge in [0.2, 0.25) is 0 Å². The molecule has 7 heteroatoms. The van der Waals surface area contributed by atoms with Gasteiger partial charge in [0.15, 0.2) is 5.69 Å². The minimum atomic E-state index is -0.244. The summed E-state index contributed by atoms with van der Waals surface area (Å²) in [4.78, 5) is 14.9. The lowest BCUT2D eigenvalue weighted by atomic mass is 10.1. The summed E-state index contributed by atoms with van der Waals surface area (Å²) >= 11 is 6.02. The number of nitrogens with one attached hydrogen (secondary N) is 1. The van der Waals surface area contributed by atoms with Gasteiger partial charge < -0.3 is 10.1 Å². The number of carbonyl (C=O) groups excluding carboxylic acids is 1. The Labute approximate surface area is 175 Å². The Bertz CT molecular complexity index is 965. The molecule has 150 valence electrons. The lowest BCUT2D eigenvalue weighted by Crippen LogP contribution is -2.37. The van der Waals surface area contributed by atoms with Crippen molar-refractivity contribution in [3.8, 4) is 5.69 Å². The van der Waals surface area contributed by atoms with E-state index in [0.29, 0.717) is 10.7 Å². The van der Waals surface area contributed by atoms with Gasteiger partial charge in [-0.3, -0.25) is 9.69 Å². The number of halogens is 1. The Balaban J connectivity index is 1.33. The molecule has 0 spiro atoms. The molecule has 1 aromatic heterocycles. The number of benzene rings is 2. The van der Waals surface area contributed by atoms with E-state index in [0.717, 1.165) is 50.6 Å². The van der Waals surface area contributed by atoms with Gasteiger partial charge in [0.1, 0.15) is 0 Å². The minimum absolute atomic E-state index is 0.244. The van der Waals surface area contributed by atoms with Crippen LogP contribution in [0.5, 0.6) is 0 Å². The van der Waals surface area contributed by atoms with Crippen molar-refractivity contribution >= 4 is 23.2 Å². The van der Waals surface area contributed by atoms with E-state index in [4.69, 9.17) is 16.3 Å². The highest BCUT2D eigenvalue weighted by Crippen LogP contribution is 2.16. The number of hydrogen-bond acceptors (Lipinski definition) is 4. The summed E-state index contributed by atoms with van der Waals surface area (Å²) < 4.78 is 7.01. The average Bonchev–Trinajstić information content (AvgIpc) is 3.25. The van der Waals surface area contributed by atoms with Crippen molar-refractivity contribution in [1.82, 2.24) is 14.7 Å². The molecule has 1 fully saturated rings. The summed E-state index contributed by atoms with van der Waals surface area (Å²) in [5.41, 5.74) is 3.16. The molecule has 1 aliphatic heterocycles. The van der Waals surface area contributed by atoms with Gasteiger partial charge in [-0.15, -0.1) is 0 Å². The zero-order valence-electron chi connectivity index (χ0n) is 16.1. The largest absolute Gasteiger partial charge is 0.379 e. The van der Waals surface area contributed by atoms with Crippen molar-refractivity contribution in [3.63, 3.8) is 0 Å². The topological polar surface area (TPSA) is 59.4 Å². The molecule has 3 aromatic rings. The summed E-state index contributed by atoms with van der Waals surface area (Å²) in [6.07, 6.45) is 2.73. The van der Waals surface area contributed by atoms with Gasteiger partial charge in [0.25, 0.3) is 5.91 Å². The first kappa shape index (κ1) is 19.6. The summed E-state index contributed by atoms with van der Waals surface area (Å²) in [5.74, 6) is -0.244. The SMILES string of the molecule is O=C(Nc1ccc(CCN2CCOCC2)cc1)c1ccn(-c2cccc(Cl)c2)n1. The molecule has 29 heavy (non-hydrogen) atoms. The Kier molecular flexibility index (Phi) is 6.24. The predicted molar refractivity (Wildman–Crippen MR) is 114 cm³/mol. The molecule has 1 aliphatic rings. The molecule has 0 aliphatic carbocycles. The monoisotopic (exact) mass is 410 g/mol. The van der Waals surface area contributed by atoms with Gasteiger partial charge in [-0.2, -0.15) is 5.10 Å². The number of rotatable bonds is 6. The number of ether oxygens (including phenoxy) is 1. The maximum absolute atomic E-state index is 12.5. The van der Waals surface area contributed by atoms with Crippen molar-refractivity contribution in [1.29, 1.82) is 0 Å². The van der Waals surface area contributed by atoms with Gasteiger partial charge in [0, 0.05) is 36.5 Å². The van der Waals surface area contributed by atoms with E-state index in [1.165, 1.54) is 5.56 Å². The summed E-state index contributed by atoms with van der Waals surface area (Å²) in [7, 11) is 0. The number of morpholine rings is 1. The smallest absolute Gasteiger partial charge is 0.276 e. The number of carbonyl (C=O) groups is 1. The first-order chi connectivity index (χ1) is 14.2. The van der Waals surface area contributed by atoms with Crippen molar-refractivity contribution < 1.29 is 9.53 Å². The van der Waals surface area contributed by atoms with E-state index in [1.54, 1.807) is 29.1 Å². The maximum atomic E-state index is 12.5. The van der Waals surface area contributed by atoms with Gasteiger partial charge >= 0.3 is 0 Å². The van der Waals surface area contributed by atoms with Gasteiger partial charge in [-0.1, -0.05) is 29.8 Å². The average molecular weight is 411 g/mol. The first-order valence-corrected chi connectivity index (χ1v) is 10.1. The second-order valence-corrected chi connectivity index (χ2v) is 7.42. The highest BCUT2D eigenvalue weighted by atomic mass is 35.5. The van der Waals surface area contributed by atoms with Crippen LogP contribution < -0.4 is 5.32 Å². The molecule has 2 aromatic carbocycles. The predicted octanol–water partition coefficient (Wildman–Crippen LogP) is 3.65. The fourth-order valence-corrected chi connectivity index (χ4v) is 3.45. The van der Waals surface area contributed by atoms with Crippen LogP contribution in [0.3, 0.4) is 0 Å². The number of amides is 1. The summed E-state index contributed by atoms with van der Waals surface area (Å²) in [6.45, 7) is 4.65. The van der Waals surface area contributed by atoms with Crippen molar-refractivity contribution in [2.75, 3.05) is 38.2 Å². The van der Waals surface area contributed by atoms with Gasteiger partial charge in [-0.05, 0) is 48.4 Å². The third-order valence-electron chi connectivity index (χ3n) is 4.93. The van der Waals surface area contributed by atoms with Crippen LogP contribution in [0.1, 0.15) is 16.1 Å². The molecule has 0 bridgehead atoms. The first-order valence-electron chi connectivity index (χ1n) is 9.69. The van der Waals surface area contributed by atoms with Crippen LogP contribution in [-0.4, -0.2) is 53.4 Å². The second-order valence-electron chi connectivity index (χ2n) is 6.98. The zero-order valence-corrected chi connectivity index (χ0v) is 16.8. The number of aromatic nitrogens is 2. The summed E-state index contributed by atoms with van der Waals surface area (Å²) in [5, 5.41) is 7.87. The quantitative estimate of drug-likeness (QED) is 0.673. The lowest BCUT2D eigenvalue weighted by molar-refractivity contribution is 0.0384. The summed E-state index contributed by atoms with van der Waals surface area (Å²) in [6, 6.07) is 17.0. The number of nitrogens with zero attached hydrogens (tertiary/aromatic N) is 3. The Morgan fingerprint density at radius 2 is 1.90 bits per heavy atom. The fraction of sp³-hybridized carbons (Fsp3) is 0.273. The van der Waals surface area contributed by atoms with Crippen LogP contribution in [0.15, 0.2) is 60.8 Å². The Morgan fingerprint density at radius 1 is 1.10 bits per heavy atom. The van der Waals surface area contributed by atoms with Crippen LogP contribution >= 0.6 is 11.6 Å². The van der Waals surface area contributed by atoms with E-state index in [1.807, 2.05) is 24.3 Å². The zero-order chi connectivity index (χ0) is 20.1. The Morgan fingerprint density at radius 3 is 2.66 bits per heavy atom. The van der Waals surface area contributed by atoms with Crippen molar-refractivity contribution in [2.24, 2.45) is 0 Å². The van der Waals surface area contributed by atoms with E-state index < -0.39 is 0 Å².